The average Bonchev–Trinajstić information content (AvgIpc) is 3.03. The van der Waals surface area contributed by atoms with E-state index in [1.807, 2.05) is 25.2 Å². The van der Waals surface area contributed by atoms with Gasteiger partial charge in [0.25, 0.3) is 0 Å². The summed E-state index contributed by atoms with van der Waals surface area (Å²) in [6.45, 7) is 7.06. The van der Waals surface area contributed by atoms with Crippen LogP contribution in [0.2, 0.25) is 0 Å². The standard InChI is InChI=1S/C18H24N2O4/c1-4-5-6-15(20-2)18(14(11-19)16(21)22-3)8-10-24-17(12-18)7-9-23-13-17/h4-6,14H,2,7-10,12-13H2,1,3H3/b5-4-,15-6-. The Kier molecular flexibility index (Phi) is 5.92. The van der Waals surface area contributed by atoms with E-state index in [1.165, 1.54) is 7.11 Å². The van der Waals surface area contributed by atoms with E-state index < -0.39 is 22.9 Å². The molecule has 0 amide bonds. The molecule has 0 saturated carbocycles. The highest BCUT2D eigenvalue weighted by Crippen LogP contribution is 2.52. The zero-order chi connectivity index (χ0) is 17.6. The van der Waals surface area contributed by atoms with Crippen molar-refractivity contribution in [1.29, 1.82) is 5.26 Å². The third kappa shape index (κ3) is 3.28. The fourth-order valence-electron chi connectivity index (χ4n) is 3.70. The molecule has 0 aromatic carbocycles. The van der Waals surface area contributed by atoms with Crippen LogP contribution in [-0.2, 0) is 19.0 Å². The summed E-state index contributed by atoms with van der Waals surface area (Å²) < 4.78 is 16.4. The van der Waals surface area contributed by atoms with Gasteiger partial charge < -0.3 is 14.2 Å². The first-order valence-corrected chi connectivity index (χ1v) is 8.07. The Bertz CT molecular complexity index is 584. The SMILES string of the molecule is C=N/C(=C\C=C/C)C1(C(C#N)C(=O)OC)CCOC2(CCOC2)C1. The first-order valence-electron chi connectivity index (χ1n) is 8.07. The van der Waals surface area contributed by atoms with E-state index in [0.29, 0.717) is 38.4 Å². The van der Waals surface area contributed by atoms with Crippen molar-refractivity contribution in [3.05, 3.63) is 23.9 Å². The molecule has 2 heterocycles. The molecule has 2 rings (SSSR count). The second kappa shape index (κ2) is 7.73. The molecular weight excluding hydrogens is 308 g/mol. The number of carbonyl (C=O) groups is 1. The average molecular weight is 332 g/mol. The smallest absolute Gasteiger partial charge is 0.324 e. The predicted octanol–water partition coefficient (Wildman–Crippen LogP) is 2.42. The number of hydrogen-bond acceptors (Lipinski definition) is 6. The normalized spacial score (nSPS) is 31.8. The topological polar surface area (TPSA) is 80.9 Å². The van der Waals surface area contributed by atoms with E-state index in [-0.39, 0.29) is 0 Å². The number of nitrogens with zero attached hydrogens (tertiary/aromatic N) is 2. The van der Waals surface area contributed by atoms with E-state index in [4.69, 9.17) is 14.2 Å². The lowest BCUT2D eigenvalue weighted by molar-refractivity contribution is -0.158. The van der Waals surface area contributed by atoms with Crippen LogP contribution in [0.1, 0.15) is 26.2 Å². The Morgan fingerprint density at radius 3 is 2.79 bits per heavy atom. The van der Waals surface area contributed by atoms with E-state index in [2.05, 4.69) is 17.8 Å². The summed E-state index contributed by atoms with van der Waals surface area (Å²) >= 11 is 0. The minimum atomic E-state index is -0.967. The minimum absolute atomic E-state index is 0.432. The van der Waals surface area contributed by atoms with E-state index in [9.17, 15) is 10.1 Å². The largest absolute Gasteiger partial charge is 0.468 e. The van der Waals surface area contributed by atoms with Crippen molar-refractivity contribution in [1.82, 2.24) is 0 Å². The van der Waals surface area contributed by atoms with Crippen LogP contribution in [0.25, 0.3) is 0 Å². The van der Waals surface area contributed by atoms with Gasteiger partial charge in [0.05, 0.1) is 25.4 Å². The second-order valence-corrected chi connectivity index (χ2v) is 6.24. The van der Waals surface area contributed by atoms with E-state index in [0.717, 1.165) is 6.42 Å². The fourth-order valence-corrected chi connectivity index (χ4v) is 3.70. The molecule has 0 aromatic rings. The molecule has 0 radical (unpaired) electrons. The quantitative estimate of drug-likeness (QED) is 0.439. The maximum atomic E-state index is 12.3. The first kappa shape index (κ1) is 18.4. The summed E-state index contributed by atoms with van der Waals surface area (Å²) in [5, 5.41) is 9.72. The summed E-state index contributed by atoms with van der Waals surface area (Å²) in [6, 6.07) is 2.14. The molecule has 130 valence electrons. The fraction of sp³-hybridized carbons (Fsp3) is 0.611. The molecule has 0 bridgehead atoms. The Hall–Kier alpha value is -1.97. The minimum Gasteiger partial charge on any atom is -0.468 e. The Labute approximate surface area is 142 Å². The maximum absolute atomic E-state index is 12.3. The number of aliphatic imine (C=N–C) groups is 1. The molecular formula is C18H24N2O4. The highest BCUT2D eigenvalue weighted by molar-refractivity contribution is 5.77. The number of rotatable bonds is 5. The van der Waals surface area contributed by atoms with E-state index >= 15 is 0 Å². The van der Waals surface area contributed by atoms with Gasteiger partial charge in [-0.3, -0.25) is 9.79 Å². The molecule has 2 fully saturated rings. The first-order chi connectivity index (χ1) is 11.6. The maximum Gasteiger partial charge on any atom is 0.324 e. The zero-order valence-corrected chi connectivity index (χ0v) is 14.3. The van der Waals surface area contributed by atoms with Gasteiger partial charge in [-0.15, -0.1) is 0 Å². The highest BCUT2D eigenvalue weighted by Gasteiger charge is 2.55. The van der Waals surface area contributed by atoms with Crippen LogP contribution in [0.5, 0.6) is 0 Å². The van der Waals surface area contributed by atoms with E-state index in [1.54, 1.807) is 0 Å². The Morgan fingerprint density at radius 1 is 1.46 bits per heavy atom. The predicted molar refractivity (Wildman–Crippen MR) is 89.4 cm³/mol. The van der Waals surface area contributed by atoms with Crippen molar-refractivity contribution in [2.24, 2.45) is 16.3 Å². The number of allylic oxidation sites excluding steroid dienone is 4. The Balaban J connectivity index is 2.53. The summed E-state index contributed by atoms with van der Waals surface area (Å²) in [4.78, 5) is 16.5. The van der Waals surface area contributed by atoms with Crippen LogP contribution in [0.3, 0.4) is 0 Å². The van der Waals surface area contributed by atoms with Gasteiger partial charge in [0, 0.05) is 30.7 Å². The van der Waals surface area contributed by atoms with Crippen LogP contribution >= 0.6 is 0 Å². The van der Waals surface area contributed by atoms with Crippen molar-refractivity contribution in [2.75, 3.05) is 26.9 Å². The van der Waals surface area contributed by atoms with Crippen LogP contribution in [0.15, 0.2) is 28.9 Å². The molecule has 0 aliphatic carbocycles. The van der Waals surface area contributed by atoms with Gasteiger partial charge in [0.2, 0.25) is 0 Å². The molecule has 2 aliphatic rings. The van der Waals surface area contributed by atoms with Gasteiger partial charge >= 0.3 is 5.97 Å². The van der Waals surface area contributed by atoms with Crippen LogP contribution < -0.4 is 0 Å². The molecule has 6 nitrogen and oxygen atoms in total. The van der Waals surface area contributed by atoms with Gasteiger partial charge in [-0.1, -0.05) is 12.2 Å². The monoisotopic (exact) mass is 332 g/mol. The number of hydrogen-bond donors (Lipinski definition) is 0. The van der Waals surface area contributed by atoms with Gasteiger partial charge in [0.15, 0.2) is 5.92 Å². The van der Waals surface area contributed by atoms with Gasteiger partial charge in [-0.25, -0.2) is 0 Å². The molecule has 1 spiro atoms. The number of nitriles is 1. The number of carbonyl (C=O) groups excluding carboxylic acids is 1. The molecule has 3 unspecified atom stereocenters. The van der Waals surface area contributed by atoms with Crippen molar-refractivity contribution >= 4 is 12.7 Å². The lowest BCUT2D eigenvalue weighted by Gasteiger charge is -2.47. The summed E-state index contributed by atoms with van der Waals surface area (Å²) in [5.74, 6) is -1.52. The van der Waals surface area contributed by atoms with Crippen molar-refractivity contribution in [2.45, 2.75) is 31.8 Å². The van der Waals surface area contributed by atoms with Gasteiger partial charge in [-0.2, -0.15) is 5.26 Å². The molecule has 3 atom stereocenters. The molecule has 0 aromatic heterocycles. The molecule has 2 aliphatic heterocycles. The van der Waals surface area contributed by atoms with Gasteiger partial charge in [-0.05, 0) is 32.6 Å². The third-order valence-corrected chi connectivity index (χ3v) is 4.91. The van der Waals surface area contributed by atoms with Crippen LogP contribution in [0, 0.1) is 22.7 Å². The Morgan fingerprint density at radius 2 is 2.25 bits per heavy atom. The highest BCUT2D eigenvalue weighted by atomic mass is 16.6. The second-order valence-electron chi connectivity index (χ2n) is 6.24. The molecule has 0 N–H and O–H groups in total. The van der Waals surface area contributed by atoms with Crippen molar-refractivity contribution in [3.8, 4) is 6.07 Å². The van der Waals surface area contributed by atoms with Crippen LogP contribution in [-0.4, -0.2) is 45.2 Å². The number of methoxy groups -OCH3 is 1. The number of esters is 1. The summed E-state index contributed by atoms with van der Waals surface area (Å²) in [7, 11) is 1.30. The van der Waals surface area contributed by atoms with Crippen LogP contribution in [0.4, 0.5) is 0 Å². The third-order valence-electron chi connectivity index (χ3n) is 4.91. The lowest BCUT2D eigenvalue weighted by Crippen LogP contribution is -2.51. The zero-order valence-electron chi connectivity index (χ0n) is 14.3. The summed E-state index contributed by atoms with van der Waals surface area (Å²) in [6.07, 6.45) is 7.24. The number of ether oxygens (including phenoxy) is 3. The van der Waals surface area contributed by atoms with Crippen molar-refractivity contribution < 1.29 is 19.0 Å². The summed E-state index contributed by atoms with van der Waals surface area (Å²) in [5.41, 5.74) is -0.664. The van der Waals surface area contributed by atoms with Crippen molar-refractivity contribution in [3.63, 3.8) is 0 Å². The van der Waals surface area contributed by atoms with Gasteiger partial charge in [0.1, 0.15) is 0 Å². The molecule has 2 saturated heterocycles. The lowest BCUT2D eigenvalue weighted by atomic mass is 9.63. The molecule has 6 heteroatoms. The molecule has 24 heavy (non-hydrogen) atoms.